The maximum atomic E-state index is 11.1. The molecule has 0 fully saturated rings. The summed E-state index contributed by atoms with van der Waals surface area (Å²) < 4.78 is 5.48. The zero-order valence-corrected chi connectivity index (χ0v) is 12.5. The zero-order valence-electron chi connectivity index (χ0n) is 12.5. The minimum absolute atomic E-state index is 0.115. The summed E-state index contributed by atoms with van der Waals surface area (Å²) in [6.07, 6.45) is 1.78. The van der Waals surface area contributed by atoms with Gasteiger partial charge in [-0.05, 0) is 37.7 Å². The van der Waals surface area contributed by atoms with Crippen LogP contribution in [0, 0.1) is 18.8 Å². The van der Waals surface area contributed by atoms with Crippen LogP contribution in [0.25, 0.3) is 0 Å². The lowest BCUT2D eigenvalue weighted by atomic mass is 9.86. The third-order valence-electron chi connectivity index (χ3n) is 3.96. The van der Waals surface area contributed by atoms with E-state index in [1.54, 1.807) is 7.11 Å². The van der Waals surface area contributed by atoms with Crippen LogP contribution in [0.1, 0.15) is 49.1 Å². The Balaban J connectivity index is 2.35. The number of aryl methyl sites for hydroxylation is 2. The fourth-order valence-electron chi connectivity index (χ4n) is 2.82. The number of aliphatic carboxylic acids is 1. The van der Waals surface area contributed by atoms with Crippen LogP contribution in [-0.4, -0.2) is 28.2 Å². The molecular formula is C15H22N2O3. The van der Waals surface area contributed by atoms with Crippen LogP contribution in [0.15, 0.2) is 0 Å². The molecule has 110 valence electrons. The Hall–Kier alpha value is -1.49. The maximum Gasteiger partial charge on any atom is 0.306 e. The molecule has 2 atom stereocenters. The average Bonchev–Trinajstić information content (AvgIpc) is 2.38. The summed E-state index contributed by atoms with van der Waals surface area (Å²) in [5.41, 5.74) is 2.89. The van der Waals surface area contributed by atoms with Gasteiger partial charge in [0.2, 0.25) is 0 Å². The van der Waals surface area contributed by atoms with E-state index in [0.29, 0.717) is 31.0 Å². The number of hydrogen-bond donors (Lipinski definition) is 1. The standard InChI is InChI=1S/C15H22N2O3/c1-8(2)13(20-4)14-16-9(3)11-7-10(15(18)19)5-6-12(11)17-14/h8,10,13H,5-7H2,1-4H3,(H,18,19). The van der Waals surface area contributed by atoms with Crippen molar-refractivity contribution in [2.24, 2.45) is 11.8 Å². The van der Waals surface area contributed by atoms with Crippen molar-refractivity contribution in [3.63, 3.8) is 0 Å². The molecule has 0 saturated heterocycles. The Bertz CT molecular complexity index is 514. The second kappa shape index (κ2) is 5.87. The molecule has 1 aromatic rings. The molecule has 1 N–H and O–H groups in total. The highest BCUT2D eigenvalue weighted by atomic mass is 16.5. The van der Waals surface area contributed by atoms with E-state index in [4.69, 9.17) is 9.84 Å². The normalized spacial score (nSPS) is 19.8. The summed E-state index contributed by atoms with van der Waals surface area (Å²) in [4.78, 5) is 20.3. The molecule has 2 unspecified atom stereocenters. The summed E-state index contributed by atoms with van der Waals surface area (Å²) in [5, 5.41) is 9.15. The monoisotopic (exact) mass is 278 g/mol. The van der Waals surface area contributed by atoms with E-state index in [2.05, 4.69) is 23.8 Å². The van der Waals surface area contributed by atoms with Crippen LogP contribution in [0.3, 0.4) is 0 Å². The maximum absolute atomic E-state index is 11.1. The Morgan fingerprint density at radius 2 is 2.10 bits per heavy atom. The average molecular weight is 278 g/mol. The molecule has 0 radical (unpaired) electrons. The molecule has 1 heterocycles. The van der Waals surface area contributed by atoms with Crippen LogP contribution in [0.5, 0.6) is 0 Å². The quantitative estimate of drug-likeness (QED) is 0.915. The number of carboxylic acid groups (broad SMARTS) is 1. The summed E-state index contributed by atoms with van der Waals surface area (Å²) in [6, 6.07) is 0. The highest BCUT2D eigenvalue weighted by molar-refractivity contribution is 5.71. The molecule has 0 bridgehead atoms. The lowest BCUT2D eigenvalue weighted by Gasteiger charge is -2.25. The van der Waals surface area contributed by atoms with Crippen LogP contribution in [0.2, 0.25) is 0 Å². The number of methoxy groups -OCH3 is 1. The van der Waals surface area contributed by atoms with Gasteiger partial charge in [-0.25, -0.2) is 9.97 Å². The van der Waals surface area contributed by atoms with Gasteiger partial charge in [-0.1, -0.05) is 13.8 Å². The Labute approximate surface area is 119 Å². The summed E-state index contributed by atoms with van der Waals surface area (Å²) in [7, 11) is 1.67. The van der Waals surface area contributed by atoms with Crippen molar-refractivity contribution in [1.82, 2.24) is 9.97 Å². The Kier molecular flexibility index (Phi) is 4.38. The van der Waals surface area contributed by atoms with Crippen molar-refractivity contribution >= 4 is 5.97 Å². The van der Waals surface area contributed by atoms with Gasteiger partial charge >= 0.3 is 5.97 Å². The SMILES string of the molecule is COC(c1nc(C)c2c(n1)CCC(C(=O)O)C2)C(C)C. The fourth-order valence-corrected chi connectivity index (χ4v) is 2.82. The minimum atomic E-state index is -0.726. The molecule has 0 amide bonds. The summed E-state index contributed by atoms with van der Waals surface area (Å²) in [6.45, 7) is 6.08. The van der Waals surface area contributed by atoms with Crippen molar-refractivity contribution in [3.8, 4) is 0 Å². The van der Waals surface area contributed by atoms with E-state index in [9.17, 15) is 4.79 Å². The Morgan fingerprint density at radius 1 is 1.40 bits per heavy atom. The number of hydrogen-bond acceptors (Lipinski definition) is 4. The van der Waals surface area contributed by atoms with E-state index in [0.717, 1.165) is 17.0 Å². The molecule has 20 heavy (non-hydrogen) atoms. The van der Waals surface area contributed by atoms with Crippen molar-refractivity contribution in [3.05, 3.63) is 22.8 Å². The van der Waals surface area contributed by atoms with Crippen molar-refractivity contribution in [2.75, 3.05) is 7.11 Å². The van der Waals surface area contributed by atoms with Gasteiger partial charge < -0.3 is 9.84 Å². The highest BCUT2D eigenvalue weighted by Gasteiger charge is 2.28. The van der Waals surface area contributed by atoms with Crippen molar-refractivity contribution < 1.29 is 14.6 Å². The number of carboxylic acids is 1. The van der Waals surface area contributed by atoms with Gasteiger partial charge in [-0.3, -0.25) is 4.79 Å². The summed E-state index contributed by atoms with van der Waals surface area (Å²) >= 11 is 0. The van der Waals surface area contributed by atoms with E-state index in [1.165, 1.54) is 0 Å². The molecule has 1 aliphatic rings. The number of nitrogens with zero attached hydrogens (tertiary/aromatic N) is 2. The van der Waals surface area contributed by atoms with Crippen LogP contribution < -0.4 is 0 Å². The smallest absolute Gasteiger partial charge is 0.306 e. The molecule has 0 spiro atoms. The molecule has 0 aliphatic heterocycles. The fraction of sp³-hybridized carbons (Fsp3) is 0.667. The van der Waals surface area contributed by atoms with Crippen LogP contribution in [-0.2, 0) is 22.4 Å². The van der Waals surface area contributed by atoms with Gasteiger partial charge in [0.1, 0.15) is 6.10 Å². The molecule has 1 aliphatic carbocycles. The molecule has 0 saturated carbocycles. The van der Waals surface area contributed by atoms with Crippen molar-refractivity contribution in [1.29, 1.82) is 0 Å². The van der Waals surface area contributed by atoms with Gasteiger partial charge in [0.15, 0.2) is 5.82 Å². The Morgan fingerprint density at radius 3 is 2.65 bits per heavy atom. The summed E-state index contributed by atoms with van der Waals surface area (Å²) in [5.74, 6) is -0.0182. The third-order valence-corrected chi connectivity index (χ3v) is 3.96. The van der Waals surface area contributed by atoms with Crippen molar-refractivity contribution in [2.45, 2.75) is 46.1 Å². The second-order valence-corrected chi connectivity index (χ2v) is 5.77. The first-order valence-corrected chi connectivity index (χ1v) is 7.06. The van der Waals surface area contributed by atoms with Gasteiger partial charge in [0.05, 0.1) is 5.92 Å². The number of aromatic nitrogens is 2. The third kappa shape index (κ3) is 2.82. The molecule has 1 aromatic heterocycles. The number of rotatable bonds is 4. The number of carbonyl (C=O) groups is 1. The predicted octanol–water partition coefficient (Wildman–Crippen LogP) is 2.32. The topological polar surface area (TPSA) is 72.3 Å². The lowest BCUT2D eigenvalue weighted by Crippen LogP contribution is -2.25. The number of ether oxygens (including phenoxy) is 1. The first-order chi connectivity index (χ1) is 9.43. The predicted molar refractivity (Wildman–Crippen MR) is 74.5 cm³/mol. The van der Waals surface area contributed by atoms with E-state index in [1.807, 2.05) is 6.92 Å². The van der Waals surface area contributed by atoms with Crippen LogP contribution >= 0.6 is 0 Å². The molecule has 5 heteroatoms. The van der Waals surface area contributed by atoms with E-state index in [-0.39, 0.29) is 12.0 Å². The lowest BCUT2D eigenvalue weighted by molar-refractivity contribution is -0.142. The van der Waals surface area contributed by atoms with E-state index >= 15 is 0 Å². The molecule has 5 nitrogen and oxygen atoms in total. The minimum Gasteiger partial charge on any atom is -0.481 e. The van der Waals surface area contributed by atoms with Gasteiger partial charge in [0, 0.05) is 18.5 Å². The second-order valence-electron chi connectivity index (χ2n) is 5.77. The zero-order chi connectivity index (χ0) is 14.9. The largest absolute Gasteiger partial charge is 0.481 e. The number of fused-ring (bicyclic) bond motifs is 1. The first-order valence-electron chi connectivity index (χ1n) is 7.06. The van der Waals surface area contributed by atoms with Gasteiger partial charge in [-0.15, -0.1) is 0 Å². The van der Waals surface area contributed by atoms with E-state index < -0.39 is 5.97 Å². The van der Waals surface area contributed by atoms with Crippen LogP contribution in [0.4, 0.5) is 0 Å². The molecular weight excluding hydrogens is 256 g/mol. The molecule has 2 rings (SSSR count). The van der Waals surface area contributed by atoms with Gasteiger partial charge in [0.25, 0.3) is 0 Å². The molecule has 0 aromatic carbocycles. The van der Waals surface area contributed by atoms with Gasteiger partial charge in [-0.2, -0.15) is 0 Å². The highest BCUT2D eigenvalue weighted by Crippen LogP contribution is 2.29. The first kappa shape index (κ1) is 14.9.